The standard InChI is InChI=1S/C22H22Cl2N2O2.ClH/c1-27-22-12-16(14-25-11-9-19-4-2-3-10-26-19)5-8-21(22)28-15-17-6-7-18(23)13-20(17)24;/h2-8,10,12-13,25H,9,11,14-15H2,1H3;1H. The van der Waals surface area contributed by atoms with Crippen LogP contribution in [0.15, 0.2) is 60.8 Å². The predicted octanol–water partition coefficient (Wildman–Crippen LogP) is 5.73. The van der Waals surface area contributed by atoms with E-state index >= 15 is 0 Å². The molecule has 0 radical (unpaired) electrons. The van der Waals surface area contributed by atoms with Crippen molar-refractivity contribution in [3.63, 3.8) is 0 Å². The van der Waals surface area contributed by atoms with Crippen molar-refractivity contribution in [3.05, 3.63) is 87.7 Å². The Balaban J connectivity index is 0.00000300. The van der Waals surface area contributed by atoms with Crippen LogP contribution in [0.3, 0.4) is 0 Å². The first-order valence-corrected chi connectivity index (χ1v) is 9.75. The molecule has 0 amide bonds. The van der Waals surface area contributed by atoms with Crippen LogP contribution in [-0.2, 0) is 19.6 Å². The largest absolute Gasteiger partial charge is 0.493 e. The third-order valence-electron chi connectivity index (χ3n) is 4.24. The van der Waals surface area contributed by atoms with Gasteiger partial charge >= 0.3 is 0 Å². The molecular weight excluding hydrogens is 431 g/mol. The first-order valence-electron chi connectivity index (χ1n) is 9.00. The van der Waals surface area contributed by atoms with Crippen molar-refractivity contribution in [2.24, 2.45) is 0 Å². The van der Waals surface area contributed by atoms with Crippen molar-refractivity contribution in [1.82, 2.24) is 10.3 Å². The van der Waals surface area contributed by atoms with Crippen LogP contribution in [0.1, 0.15) is 16.8 Å². The van der Waals surface area contributed by atoms with Gasteiger partial charge in [-0.1, -0.05) is 41.4 Å². The third kappa shape index (κ3) is 7.09. The average molecular weight is 454 g/mol. The van der Waals surface area contributed by atoms with Gasteiger partial charge in [0, 0.05) is 47.0 Å². The van der Waals surface area contributed by atoms with Crippen molar-refractivity contribution in [2.75, 3.05) is 13.7 Å². The Bertz CT molecular complexity index is 908. The van der Waals surface area contributed by atoms with Crippen molar-refractivity contribution in [2.45, 2.75) is 19.6 Å². The number of benzene rings is 2. The van der Waals surface area contributed by atoms with E-state index in [1.54, 1.807) is 19.2 Å². The summed E-state index contributed by atoms with van der Waals surface area (Å²) in [4.78, 5) is 4.33. The van der Waals surface area contributed by atoms with Gasteiger partial charge in [0.05, 0.1) is 7.11 Å². The number of aromatic nitrogens is 1. The van der Waals surface area contributed by atoms with Crippen molar-refractivity contribution in [3.8, 4) is 11.5 Å². The molecule has 29 heavy (non-hydrogen) atoms. The number of nitrogens with one attached hydrogen (secondary N) is 1. The van der Waals surface area contributed by atoms with E-state index in [0.717, 1.165) is 36.3 Å². The molecular formula is C22H23Cl3N2O2. The highest BCUT2D eigenvalue weighted by molar-refractivity contribution is 6.35. The Morgan fingerprint density at radius 2 is 1.86 bits per heavy atom. The van der Waals surface area contributed by atoms with E-state index in [-0.39, 0.29) is 12.4 Å². The van der Waals surface area contributed by atoms with Gasteiger partial charge in [-0.05, 0) is 42.0 Å². The molecule has 3 aromatic rings. The molecule has 1 heterocycles. The van der Waals surface area contributed by atoms with Crippen LogP contribution in [0.25, 0.3) is 0 Å². The molecule has 0 saturated heterocycles. The first-order chi connectivity index (χ1) is 13.7. The molecule has 0 bridgehead atoms. The summed E-state index contributed by atoms with van der Waals surface area (Å²) in [6.45, 7) is 1.94. The third-order valence-corrected chi connectivity index (χ3v) is 4.83. The zero-order chi connectivity index (χ0) is 19.8. The van der Waals surface area contributed by atoms with Crippen LogP contribution < -0.4 is 14.8 Å². The molecule has 1 N–H and O–H groups in total. The fourth-order valence-electron chi connectivity index (χ4n) is 2.73. The average Bonchev–Trinajstić information content (AvgIpc) is 2.72. The van der Waals surface area contributed by atoms with E-state index in [0.29, 0.717) is 28.2 Å². The van der Waals surface area contributed by atoms with E-state index < -0.39 is 0 Å². The number of hydrogen-bond acceptors (Lipinski definition) is 4. The molecule has 0 spiro atoms. The van der Waals surface area contributed by atoms with Gasteiger partial charge in [0.25, 0.3) is 0 Å². The number of hydrogen-bond donors (Lipinski definition) is 1. The molecule has 7 heteroatoms. The van der Waals surface area contributed by atoms with Gasteiger partial charge in [0.15, 0.2) is 11.5 Å². The molecule has 0 atom stereocenters. The van der Waals surface area contributed by atoms with Gasteiger partial charge in [-0.3, -0.25) is 4.98 Å². The molecule has 0 aliphatic carbocycles. The topological polar surface area (TPSA) is 43.4 Å². The van der Waals surface area contributed by atoms with E-state index in [4.69, 9.17) is 32.7 Å². The van der Waals surface area contributed by atoms with Gasteiger partial charge in [0.1, 0.15) is 6.61 Å². The maximum Gasteiger partial charge on any atom is 0.161 e. The van der Waals surface area contributed by atoms with Crippen LogP contribution in [0.2, 0.25) is 10.0 Å². The lowest BCUT2D eigenvalue weighted by molar-refractivity contribution is 0.284. The molecule has 2 aromatic carbocycles. The van der Waals surface area contributed by atoms with E-state index in [9.17, 15) is 0 Å². The maximum atomic E-state index is 6.20. The lowest BCUT2D eigenvalue weighted by Crippen LogP contribution is -2.17. The van der Waals surface area contributed by atoms with Crippen LogP contribution in [-0.4, -0.2) is 18.6 Å². The minimum Gasteiger partial charge on any atom is -0.493 e. The summed E-state index contributed by atoms with van der Waals surface area (Å²) in [5.41, 5.74) is 3.07. The maximum absolute atomic E-state index is 6.20. The highest BCUT2D eigenvalue weighted by Gasteiger charge is 2.08. The Morgan fingerprint density at radius 1 is 1.00 bits per heavy atom. The van der Waals surface area contributed by atoms with Gasteiger partial charge in [-0.2, -0.15) is 0 Å². The van der Waals surface area contributed by atoms with E-state index in [1.807, 2.05) is 48.7 Å². The van der Waals surface area contributed by atoms with Crippen LogP contribution in [0.4, 0.5) is 0 Å². The minimum absolute atomic E-state index is 0. The highest BCUT2D eigenvalue weighted by Crippen LogP contribution is 2.30. The molecule has 1 aromatic heterocycles. The molecule has 3 rings (SSSR count). The number of ether oxygens (including phenoxy) is 2. The molecule has 154 valence electrons. The molecule has 0 aliphatic rings. The van der Waals surface area contributed by atoms with Crippen molar-refractivity contribution < 1.29 is 9.47 Å². The van der Waals surface area contributed by atoms with Gasteiger partial charge in [-0.25, -0.2) is 0 Å². The molecule has 0 unspecified atom stereocenters. The summed E-state index contributed by atoms with van der Waals surface area (Å²) in [5.74, 6) is 1.36. The zero-order valence-corrected chi connectivity index (χ0v) is 18.4. The van der Waals surface area contributed by atoms with Crippen molar-refractivity contribution >= 4 is 35.6 Å². The number of halogens is 3. The molecule has 0 aliphatic heterocycles. The Hall–Kier alpha value is -1.98. The lowest BCUT2D eigenvalue weighted by atomic mass is 10.2. The second-order valence-electron chi connectivity index (χ2n) is 6.26. The monoisotopic (exact) mass is 452 g/mol. The van der Waals surface area contributed by atoms with Gasteiger partial charge < -0.3 is 14.8 Å². The summed E-state index contributed by atoms with van der Waals surface area (Å²) in [6, 6.07) is 17.2. The minimum atomic E-state index is 0. The van der Waals surface area contributed by atoms with Gasteiger partial charge in [-0.15, -0.1) is 12.4 Å². The Kier molecular flexibility index (Phi) is 9.55. The quantitative estimate of drug-likeness (QED) is 0.420. The lowest BCUT2D eigenvalue weighted by Gasteiger charge is -2.13. The SMILES string of the molecule is COc1cc(CNCCc2ccccn2)ccc1OCc1ccc(Cl)cc1Cl.Cl. The second-order valence-corrected chi connectivity index (χ2v) is 7.10. The normalized spacial score (nSPS) is 10.3. The fraction of sp³-hybridized carbons (Fsp3) is 0.227. The number of rotatable bonds is 9. The molecule has 4 nitrogen and oxygen atoms in total. The van der Waals surface area contributed by atoms with Crippen LogP contribution in [0.5, 0.6) is 11.5 Å². The number of pyridine rings is 1. The first kappa shape index (κ1) is 23.3. The summed E-state index contributed by atoms with van der Waals surface area (Å²) in [6.07, 6.45) is 2.71. The Morgan fingerprint density at radius 3 is 2.59 bits per heavy atom. The zero-order valence-electron chi connectivity index (χ0n) is 16.0. The van der Waals surface area contributed by atoms with E-state index in [1.165, 1.54) is 0 Å². The predicted molar refractivity (Wildman–Crippen MR) is 121 cm³/mol. The Labute approximate surface area is 187 Å². The smallest absolute Gasteiger partial charge is 0.161 e. The second kappa shape index (κ2) is 11.9. The number of nitrogens with zero attached hydrogens (tertiary/aromatic N) is 1. The van der Waals surface area contributed by atoms with Gasteiger partial charge in [0.2, 0.25) is 0 Å². The summed E-state index contributed by atoms with van der Waals surface area (Å²) in [5, 5.41) is 4.61. The summed E-state index contributed by atoms with van der Waals surface area (Å²) < 4.78 is 11.4. The van der Waals surface area contributed by atoms with Crippen LogP contribution in [0, 0.1) is 0 Å². The highest BCUT2D eigenvalue weighted by atomic mass is 35.5. The van der Waals surface area contributed by atoms with Crippen molar-refractivity contribution in [1.29, 1.82) is 0 Å². The molecule has 0 fully saturated rings. The molecule has 0 saturated carbocycles. The summed E-state index contributed by atoms with van der Waals surface area (Å²) >= 11 is 12.1. The fourth-order valence-corrected chi connectivity index (χ4v) is 3.19. The summed E-state index contributed by atoms with van der Waals surface area (Å²) in [7, 11) is 1.63. The van der Waals surface area contributed by atoms with Crippen LogP contribution >= 0.6 is 35.6 Å². The number of methoxy groups -OCH3 is 1. The van der Waals surface area contributed by atoms with E-state index in [2.05, 4.69) is 10.3 Å².